The second-order valence-corrected chi connectivity index (χ2v) is 7.11. The molecule has 0 spiro atoms. The molecule has 0 saturated carbocycles. The van der Waals surface area contributed by atoms with Crippen LogP contribution in [0.25, 0.3) is 21.5 Å². The second-order valence-electron chi connectivity index (χ2n) is 7.11. The van der Waals surface area contributed by atoms with Crippen LogP contribution < -0.4 is 4.90 Å². The van der Waals surface area contributed by atoms with E-state index in [0.29, 0.717) is 5.56 Å². The van der Waals surface area contributed by atoms with Gasteiger partial charge in [-0.1, -0.05) is 60.7 Å². The molecule has 138 valence electrons. The molecule has 0 bridgehead atoms. The average molecular weight is 373 g/mol. The number of hydrogen-bond donors (Lipinski definition) is 0. The minimum absolute atomic E-state index is 0.672. The molecule has 0 fully saturated rings. The van der Waals surface area contributed by atoms with Crippen molar-refractivity contribution in [1.82, 2.24) is 0 Å². The first-order valence-corrected chi connectivity index (χ1v) is 9.65. The van der Waals surface area contributed by atoms with Gasteiger partial charge in [-0.25, -0.2) is 0 Å². The molecule has 2 nitrogen and oxygen atoms in total. The van der Waals surface area contributed by atoms with E-state index in [4.69, 9.17) is 0 Å². The number of benzene rings is 5. The van der Waals surface area contributed by atoms with Gasteiger partial charge in [0, 0.05) is 22.6 Å². The molecule has 0 radical (unpaired) electrons. The third kappa shape index (κ3) is 3.26. The van der Waals surface area contributed by atoms with Gasteiger partial charge in [-0.15, -0.1) is 0 Å². The average Bonchev–Trinajstić information content (AvgIpc) is 2.79. The third-order valence-electron chi connectivity index (χ3n) is 5.27. The lowest BCUT2D eigenvalue weighted by Gasteiger charge is -2.26. The smallest absolute Gasteiger partial charge is 0.150 e. The van der Waals surface area contributed by atoms with Crippen molar-refractivity contribution in [2.75, 3.05) is 4.90 Å². The summed E-state index contributed by atoms with van der Waals surface area (Å²) in [5.74, 6) is 0. The van der Waals surface area contributed by atoms with Crippen molar-refractivity contribution >= 4 is 44.9 Å². The molecular formula is C27H19NO. The fraction of sp³-hybridized carbons (Fsp3) is 0. The van der Waals surface area contributed by atoms with Crippen LogP contribution in [0.4, 0.5) is 17.1 Å². The molecule has 0 saturated heterocycles. The fourth-order valence-electron chi connectivity index (χ4n) is 3.78. The van der Waals surface area contributed by atoms with Crippen molar-refractivity contribution < 1.29 is 4.79 Å². The maximum atomic E-state index is 11.1. The van der Waals surface area contributed by atoms with E-state index in [0.717, 1.165) is 23.3 Å². The van der Waals surface area contributed by atoms with Crippen LogP contribution >= 0.6 is 0 Å². The van der Waals surface area contributed by atoms with Gasteiger partial charge in [0.15, 0.2) is 0 Å². The Hall–Kier alpha value is -3.91. The second kappa shape index (κ2) is 7.25. The Bertz CT molecular complexity index is 1240. The summed E-state index contributed by atoms with van der Waals surface area (Å²) in [6.45, 7) is 0. The number of carbonyl (C=O) groups is 1. The largest absolute Gasteiger partial charge is 0.310 e. The van der Waals surface area contributed by atoms with Crippen LogP contribution in [0, 0.1) is 0 Å². The van der Waals surface area contributed by atoms with Gasteiger partial charge in [0.2, 0.25) is 0 Å². The zero-order chi connectivity index (χ0) is 19.6. The fourth-order valence-corrected chi connectivity index (χ4v) is 3.78. The van der Waals surface area contributed by atoms with E-state index in [1.54, 1.807) is 0 Å². The highest BCUT2D eigenvalue weighted by molar-refractivity contribution is 5.92. The maximum absolute atomic E-state index is 11.1. The highest BCUT2D eigenvalue weighted by Crippen LogP contribution is 2.37. The van der Waals surface area contributed by atoms with Crippen molar-refractivity contribution in [2.24, 2.45) is 0 Å². The molecule has 29 heavy (non-hydrogen) atoms. The van der Waals surface area contributed by atoms with Crippen LogP contribution in [0.2, 0.25) is 0 Å². The van der Waals surface area contributed by atoms with Gasteiger partial charge in [0.05, 0.1) is 0 Å². The van der Waals surface area contributed by atoms with Crippen LogP contribution in [0.3, 0.4) is 0 Å². The molecular weight excluding hydrogens is 354 g/mol. The van der Waals surface area contributed by atoms with Gasteiger partial charge >= 0.3 is 0 Å². The Morgan fingerprint density at radius 3 is 1.41 bits per heavy atom. The molecule has 0 aliphatic carbocycles. The van der Waals surface area contributed by atoms with Crippen LogP contribution in [0.15, 0.2) is 109 Å². The predicted molar refractivity (Wildman–Crippen MR) is 122 cm³/mol. The first kappa shape index (κ1) is 17.2. The van der Waals surface area contributed by atoms with Crippen molar-refractivity contribution in [3.05, 3.63) is 115 Å². The number of nitrogens with zero attached hydrogens (tertiary/aromatic N) is 1. The lowest BCUT2D eigenvalue weighted by molar-refractivity contribution is 0.112. The van der Waals surface area contributed by atoms with Crippen LogP contribution in [-0.4, -0.2) is 6.29 Å². The first-order chi connectivity index (χ1) is 14.3. The van der Waals surface area contributed by atoms with Gasteiger partial charge in [0.1, 0.15) is 6.29 Å². The summed E-state index contributed by atoms with van der Waals surface area (Å²) in [5, 5.41) is 4.82. The van der Waals surface area contributed by atoms with Gasteiger partial charge in [-0.2, -0.15) is 0 Å². The third-order valence-corrected chi connectivity index (χ3v) is 5.27. The van der Waals surface area contributed by atoms with Crippen molar-refractivity contribution in [3.8, 4) is 0 Å². The van der Waals surface area contributed by atoms with Crippen molar-refractivity contribution in [2.45, 2.75) is 0 Å². The van der Waals surface area contributed by atoms with Crippen LogP contribution in [0.1, 0.15) is 10.4 Å². The summed E-state index contributed by atoms with van der Waals surface area (Å²) in [4.78, 5) is 13.3. The molecule has 5 aromatic carbocycles. The summed E-state index contributed by atoms with van der Waals surface area (Å²) in [6.07, 6.45) is 0.875. The monoisotopic (exact) mass is 373 g/mol. The molecule has 0 aliphatic heterocycles. The number of hydrogen-bond acceptors (Lipinski definition) is 2. The lowest BCUT2D eigenvalue weighted by atomic mass is 10.1. The van der Waals surface area contributed by atoms with Crippen LogP contribution in [-0.2, 0) is 0 Å². The number of aldehydes is 1. The highest BCUT2D eigenvalue weighted by atomic mass is 16.1. The number of anilines is 3. The molecule has 0 heterocycles. The quantitative estimate of drug-likeness (QED) is 0.309. The lowest BCUT2D eigenvalue weighted by Crippen LogP contribution is -2.10. The summed E-state index contributed by atoms with van der Waals surface area (Å²) in [5.41, 5.74) is 3.85. The summed E-state index contributed by atoms with van der Waals surface area (Å²) < 4.78 is 0. The molecule has 5 aromatic rings. The number of fused-ring (bicyclic) bond motifs is 2. The Morgan fingerprint density at radius 2 is 0.931 bits per heavy atom. The van der Waals surface area contributed by atoms with Gasteiger partial charge < -0.3 is 4.90 Å². The molecule has 0 amide bonds. The normalized spacial score (nSPS) is 10.9. The molecule has 2 heteroatoms. The van der Waals surface area contributed by atoms with E-state index < -0.39 is 0 Å². The minimum Gasteiger partial charge on any atom is -0.310 e. The molecule has 0 unspecified atom stereocenters. The molecule has 0 atom stereocenters. The Kier molecular flexibility index (Phi) is 4.30. The van der Waals surface area contributed by atoms with Gasteiger partial charge in [-0.3, -0.25) is 4.79 Å². The minimum atomic E-state index is 0.672. The summed E-state index contributed by atoms with van der Waals surface area (Å²) >= 11 is 0. The maximum Gasteiger partial charge on any atom is 0.150 e. The van der Waals surface area contributed by atoms with E-state index in [2.05, 4.69) is 89.8 Å². The topological polar surface area (TPSA) is 20.3 Å². The van der Waals surface area contributed by atoms with E-state index in [1.807, 2.05) is 24.3 Å². The Labute approximate surface area is 169 Å². The number of rotatable bonds is 4. The van der Waals surface area contributed by atoms with Crippen molar-refractivity contribution in [1.29, 1.82) is 0 Å². The van der Waals surface area contributed by atoms with E-state index in [-0.39, 0.29) is 0 Å². The van der Waals surface area contributed by atoms with Gasteiger partial charge in [-0.05, 0) is 70.1 Å². The first-order valence-electron chi connectivity index (χ1n) is 9.65. The molecule has 0 aromatic heterocycles. The van der Waals surface area contributed by atoms with E-state index in [1.165, 1.54) is 21.5 Å². The summed E-state index contributed by atoms with van der Waals surface area (Å²) in [6, 6.07) is 37.5. The Morgan fingerprint density at radius 1 is 0.483 bits per heavy atom. The predicted octanol–water partition coefficient (Wildman–Crippen LogP) is 7.28. The molecule has 0 N–H and O–H groups in total. The van der Waals surface area contributed by atoms with E-state index >= 15 is 0 Å². The summed E-state index contributed by atoms with van der Waals surface area (Å²) in [7, 11) is 0. The molecule has 0 aliphatic rings. The van der Waals surface area contributed by atoms with E-state index in [9.17, 15) is 4.79 Å². The Balaban J connectivity index is 1.71. The van der Waals surface area contributed by atoms with Crippen LogP contribution in [0.5, 0.6) is 0 Å². The van der Waals surface area contributed by atoms with Gasteiger partial charge in [0.25, 0.3) is 0 Å². The molecule has 5 rings (SSSR count). The van der Waals surface area contributed by atoms with Crippen molar-refractivity contribution in [3.63, 3.8) is 0 Å². The standard InChI is InChI=1S/C27H19NO/c29-19-20-9-13-25(14-10-20)28(26-15-11-21-5-1-3-7-23(21)17-26)27-16-12-22-6-2-4-8-24(22)18-27/h1-19H. The SMILES string of the molecule is O=Cc1ccc(N(c2ccc3ccccc3c2)c2ccc3ccccc3c2)cc1. The zero-order valence-electron chi connectivity index (χ0n) is 15.8. The number of carbonyl (C=O) groups excluding carboxylic acids is 1. The zero-order valence-corrected chi connectivity index (χ0v) is 15.8. The highest BCUT2D eigenvalue weighted by Gasteiger charge is 2.13.